The number of rotatable bonds is 7. The third-order valence-electron chi connectivity index (χ3n) is 2.48. The highest BCUT2D eigenvalue weighted by atomic mass is 32.2. The Kier molecular flexibility index (Phi) is 5.47. The van der Waals surface area contributed by atoms with Crippen LogP contribution in [0, 0.1) is 0 Å². The van der Waals surface area contributed by atoms with E-state index in [0.29, 0.717) is 10.8 Å². The van der Waals surface area contributed by atoms with E-state index in [1.807, 2.05) is 30.5 Å². The van der Waals surface area contributed by atoms with Crippen molar-refractivity contribution < 1.29 is 13.2 Å². The standard InChI is InChI=1S/C13H15NO3S3/c1-18-12-6-4-11(5-7-12)17-9-8-14-20(15,16)13-3-2-10-19-13/h2-7,10,14H,8-9H2,1H3. The van der Waals surface area contributed by atoms with Crippen molar-refractivity contribution in [2.24, 2.45) is 0 Å². The summed E-state index contributed by atoms with van der Waals surface area (Å²) in [4.78, 5) is 1.16. The van der Waals surface area contributed by atoms with Crippen LogP contribution in [-0.4, -0.2) is 27.8 Å². The van der Waals surface area contributed by atoms with Crippen molar-refractivity contribution in [3.8, 4) is 5.75 Å². The molecule has 20 heavy (non-hydrogen) atoms. The van der Waals surface area contributed by atoms with Crippen LogP contribution in [-0.2, 0) is 10.0 Å². The van der Waals surface area contributed by atoms with E-state index in [4.69, 9.17) is 4.74 Å². The molecule has 0 amide bonds. The van der Waals surface area contributed by atoms with Crippen LogP contribution in [0.3, 0.4) is 0 Å². The van der Waals surface area contributed by atoms with Gasteiger partial charge in [-0.05, 0) is 42.0 Å². The van der Waals surface area contributed by atoms with Crippen molar-refractivity contribution in [1.82, 2.24) is 4.72 Å². The Morgan fingerprint density at radius 2 is 2.00 bits per heavy atom. The molecule has 0 atom stereocenters. The first-order valence-electron chi connectivity index (χ1n) is 5.92. The van der Waals surface area contributed by atoms with Gasteiger partial charge in [-0.1, -0.05) is 6.07 Å². The minimum Gasteiger partial charge on any atom is -0.492 e. The van der Waals surface area contributed by atoms with Gasteiger partial charge in [0, 0.05) is 11.4 Å². The third-order valence-corrected chi connectivity index (χ3v) is 6.08. The summed E-state index contributed by atoms with van der Waals surface area (Å²) in [6.45, 7) is 0.535. The zero-order chi connectivity index (χ0) is 14.4. The fourth-order valence-electron chi connectivity index (χ4n) is 1.50. The molecule has 7 heteroatoms. The summed E-state index contributed by atoms with van der Waals surface area (Å²) in [5.41, 5.74) is 0. The van der Waals surface area contributed by atoms with Gasteiger partial charge in [-0.25, -0.2) is 13.1 Å². The van der Waals surface area contributed by atoms with Gasteiger partial charge in [0.25, 0.3) is 0 Å². The van der Waals surface area contributed by atoms with Crippen molar-refractivity contribution in [3.05, 3.63) is 41.8 Å². The average Bonchev–Trinajstić information content (AvgIpc) is 2.99. The molecule has 2 rings (SSSR count). The molecular weight excluding hydrogens is 314 g/mol. The van der Waals surface area contributed by atoms with E-state index >= 15 is 0 Å². The van der Waals surface area contributed by atoms with Gasteiger partial charge in [-0.15, -0.1) is 23.1 Å². The summed E-state index contributed by atoms with van der Waals surface area (Å²) in [5, 5.41) is 1.73. The number of thiophene rings is 1. The number of thioether (sulfide) groups is 1. The molecule has 0 unspecified atom stereocenters. The van der Waals surface area contributed by atoms with Crippen molar-refractivity contribution in [1.29, 1.82) is 0 Å². The lowest BCUT2D eigenvalue weighted by atomic mass is 10.3. The molecule has 0 fully saturated rings. The molecule has 0 aliphatic heterocycles. The summed E-state index contributed by atoms with van der Waals surface area (Å²) >= 11 is 2.86. The zero-order valence-corrected chi connectivity index (χ0v) is 13.4. The van der Waals surface area contributed by atoms with Gasteiger partial charge >= 0.3 is 0 Å². The molecule has 1 N–H and O–H groups in total. The second kappa shape index (κ2) is 7.12. The Morgan fingerprint density at radius 3 is 2.60 bits per heavy atom. The molecule has 2 aromatic rings. The van der Waals surface area contributed by atoms with Crippen LogP contribution in [0.5, 0.6) is 5.75 Å². The predicted molar refractivity (Wildman–Crippen MR) is 83.2 cm³/mol. The Bertz CT molecular complexity index is 621. The van der Waals surface area contributed by atoms with Crippen LogP contribution in [0.2, 0.25) is 0 Å². The normalized spacial score (nSPS) is 11.4. The topological polar surface area (TPSA) is 55.4 Å². The highest BCUT2D eigenvalue weighted by Crippen LogP contribution is 2.19. The van der Waals surface area contributed by atoms with E-state index < -0.39 is 10.0 Å². The zero-order valence-electron chi connectivity index (χ0n) is 10.9. The summed E-state index contributed by atoms with van der Waals surface area (Å²) in [7, 11) is -3.40. The molecule has 0 radical (unpaired) electrons. The van der Waals surface area contributed by atoms with E-state index in [9.17, 15) is 8.42 Å². The van der Waals surface area contributed by atoms with E-state index in [2.05, 4.69) is 4.72 Å². The van der Waals surface area contributed by atoms with E-state index in [1.165, 1.54) is 11.3 Å². The fraction of sp³-hybridized carbons (Fsp3) is 0.231. The minimum absolute atomic E-state index is 0.241. The first kappa shape index (κ1) is 15.4. The smallest absolute Gasteiger partial charge is 0.250 e. The molecule has 0 saturated heterocycles. The molecule has 0 spiro atoms. The van der Waals surface area contributed by atoms with Crippen molar-refractivity contribution >= 4 is 33.1 Å². The summed E-state index contributed by atoms with van der Waals surface area (Å²) in [6, 6.07) is 11.0. The van der Waals surface area contributed by atoms with Crippen LogP contribution in [0.15, 0.2) is 50.9 Å². The maximum absolute atomic E-state index is 11.8. The number of hydrogen-bond acceptors (Lipinski definition) is 5. The highest BCUT2D eigenvalue weighted by Gasteiger charge is 2.13. The maximum Gasteiger partial charge on any atom is 0.250 e. The lowest BCUT2D eigenvalue weighted by Crippen LogP contribution is -2.27. The summed E-state index contributed by atoms with van der Waals surface area (Å²) < 4.78 is 32.0. The van der Waals surface area contributed by atoms with Gasteiger partial charge in [0.05, 0.1) is 0 Å². The molecule has 4 nitrogen and oxygen atoms in total. The second-order valence-electron chi connectivity index (χ2n) is 3.85. The number of ether oxygens (including phenoxy) is 1. The Hall–Kier alpha value is -1.02. The molecule has 0 bridgehead atoms. The minimum atomic E-state index is -3.40. The van der Waals surface area contributed by atoms with E-state index in [0.717, 1.165) is 10.6 Å². The van der Waals surface area contributed by atoms with Gasteiger partial charge < -0.3 is 4.74 Å². The van der Waals surface area contributed by atoms with E-state index in [1.54, 1.807) is 29.3 Å². The lowest BCUT2D eigenvalue weighted by molar-refractivity contribution is 0.322. The first-order valence-corrected chi connectivity index (χ1v) is 9.50. The highest BCUT2D eigenvalue weighted by molar-refractivity contribution is 7.98. The second-order valence-corrected chi connectivity index (χ2v) is 7.67. The van der Waals surface area contributed by atoms with Gasteiger partial charge in [-0.3, -0.25) is 0 Å². The molecule has 1 aromatic heterocycles. The molecule has 108 valence electrons. The van der Waals surface area contributed by atoms with E-state index in [-0.39, 0.29) is 6.54 Å². The third kappa shape index (κ3) is 4.24. The van der Waals surface area contributed by atoms with Gasteiger partial charge in [-0.2, -0.15) is 0 Å². The predicted octanol–water partition coefficient (Wildman–Crippen LogP) is 2.83. The summed E-state index contributed by atoms with van der Waals surface area (Å²) in [6.07, 6.45) is 2.01. The van der Waals surface area contributed by atoms with Gasteiger partial charge in [0.1, 0.15) is 16.6 Å². The quantitative estimate of drug-likeness (QED) is 0.627. The average molecular weight is 329 g/mol. The van der Waals surface area contributed by atoms with Crippen molar-refractivity contribution in [2.45, 2.75) is 9.10 Å². The molecule has 1 heterocycles. The van der Waals surface area contributed by atoms with Crippen LogP contribution in [0.4, 0.5) is 0 Å². The SMILES string of the molecule is CSc1ccc(OCCNS(=O)(=O)c2cccs2)cc1. The first-order chi connectivity index (χ1) is 9.62. The van der Waals surface area contributed by atoms with Crippen LogP contribution >= 0.6 is 23.1 Å². The Balaban J connectivity index is 1.79. The van der Waals surface area contributed by atoms with Gasteiger partial charge in [0.15, 0.2) is 0 Å². The molecular formula is C13H15NO3S3. The number of hydrogen-bond donors (Lipinski definition) is 1. The van der Waals surface area contributed by atoms with Crippen LogP contribution < -0.4 is 9.46 Å². The van der Waals surface area contributed by atoms with Crippen LogP contribution in [0.25, 0.3) is 0 Å². The number of benzene rings is 1. The maximum atomic E-state index is 11.8. The molecule has 1 aromatic carbocycles. The molecule has 0 aliphatic carbocycles. The fourth-order valence-corrected chi connectivity index (χ4v) is 3.96. The number of sulfonamides is 1. The Morgan fingerprint density at radius 1 is 1.25 bits per heavy atom. The summed E-state index contributed by atoms with van der Waals surface area (Å²) in [5.74, 6) is 0.734. The van der Waals surface area contributed by atoms with Crippen molar-refractivity contribution in [2.75, 3.05) is 19.4 Å². The van der Waals surface area contributed by atoms with Gasteiger partial charge in [0.2, 0.25) is 10.0 Å². The van der Waals surface area contributed by atoms with Crippen LogP contribution in [0.1, 0.15) is 0 Å². The monoisotopic (exact) mass is 329 g/mol. The molecule has 0 aliphatic rings. The lowest BCUT2D eigenvalue weighted by Gasteiger charge is -2.08. The molecule has 0 saturated carbocycles. The largest absolute Gasteiger partial charge is 0.492 e. The van der Waals surface area contributed by atoms with Crippen molar-refractivity contribution in [3.63, 3.8) is 0 Å². The number of nitrogens with one attached hydrogen (secondary N) is 1. The Labute approximate surface area is 127 Å².